The Balaban J connectivity index is 1.78. The zero-order valence-electron chi connectivity index (χ0n) is 15.2. The van der Waals surface area contributed by atoms with Crippen LogP contribution in [0.5, 0.6) is 11.5 Å². The average molecular weight is 406 g/mol. The first-order valence-electron chi connectivity index (χ1n) is 8.53. The van der Waals surface area contributed by atoms with Gasteiger partial charge in [0.2, 0.25) is 0 Å². The molecule has 0 aromatic heterocycles. The van der Waals surface area contributed by atoms with Gasteiger partial charge in [0.1, 0.15) is 11.5 Å². The molecule has 0 aliphatic carbocycles. The highest BCUT2D eigenvalue weighted by molar-refractivity contribution is 6.09. The number of hydrogen-bond acceptors (Lipinski definition) is 5. The lowest BCUT2D eigenvalue weighted by Crippen LogP contribution is -2.08. The number of carboxylic acids is 3. The number of carbonyl (C=O) groups is 4. The van der Waals surface area contributed by atoms with Gasteiger partial charge >= 0.3 is 17.9 Å². The molecule has 0 spiro atoms. The topological polar surface area (TPSA) is 138 Å². The van der Waals surface area contributed by atoms with E-state index in [0.717, 1.165) is 12.1 Å². The molecule has 0 fully saturated rings. The summed E-state index contributed by atoms with van der Waals surface area (Å²) in [4.78, 5) is 45.8. The van der Waals surface area contributed by atoms with Crippen molar-refractivity contribution in [3.8, 4) is 11.5 Å². The predicted molar refractivity (Wildman–Crippen MR) is 104 cm³/mol. The molecule has 3 N–H and O–H groups in total. The molecule has 8 nitrogen and oxygen atoms in total. The Labute approximate surface area is 169 Å². The van der Waals surface area contributed by atoms with E-state index >= 15 is 0 Å². The van der Waals surface area contributed by atoms with Gasteiger partial charge in [-0.15, -0.1) is 0 Å². The van der Waals surface area contributed by atoms with Crippen LogP contribution in [-0.4, -0.2) is 39.0 Å². The van der Waals surface area contributed by atoms with Crippen molar-refractivity contribution in [3.63, 3.8) is 0 Å². The molecular formula is C22H14O8. The van der Waals surface area contributed by atoms with E-state index in [2.05, 4.69) is 0 Å². The van der Waals surface area contributed by atoms with Crippen molar-refractivity contribution < 1.29 is 39.2 Å². The van der Waals surface area contributed by atoms with Gasteiger partial charge in [-0.3, -0.25) is 4.79 Å². The summed E-state index contributed by atoms with van der Waals surface area (Å²) in [7, 11) is 0. The smallest absolute Gasteiger partial charge is 0.336 e. The zero-order valence-corrected chi connectivity index (χ0v) is 15.2. The lowest BCUT2D eigenvalue weighted by molar-refractivity contribution is 0.0651. The van der Waals surface area contributed by atoms with Crippen LogP contribution in [0, 0.1) is 0 Å². The highest BCUT2D eigenvalue weighted by Gasteiger charge is 2.17. The normalized spacial score (nSPS) is 10.3. The van der Waals surface area contributed by atoms with Crippen molar-refractivity contribution in [1.29, 1.82) is 0 Å². The molecule has 3 aromatic carbocycles. The quantitative estimate of drug-likeness (QED) is 0.504. The minimum atomic E-state index is -1.40. The van der Waals surface area contributed by atoms with Gasteiger partial charge < -0.3 is 20.1 Å². The monoisotopic (exact) mass is 406 g/mol. The molecule has 0 radical (unpaired) electrons. The maximum absolute atomic E-state index is 12.5. The van der Waals surface area contributed by atoms with Crippen molar-refractivity contribution in [3.05, 3.63) is 94.5 Å². The van der Waals surface area contributed by atoms with Crippen LogP contribution in [0.15, 0.2) is 66.7 Å². The zero-order chi connectivity index (χ0) is 21.8. The van der Waals surface area contributed by atoms with Gasteiger partial charge in [-0.1, -0.05) is 12.1 Å². The van der Waals surface area contributed by atoms with E-state index in [1.165, 1.54) is 54.6 Å². The van der Waals surface area contributed by atoms with Gasteiger partial charge in [0.05, 0.1) is 16.7 Å². The van der Waals surface area contributed by atoms with Crippen molar-refractivity contribution >= 4 is 23.7 Å². The number of ketones is 1. The molecule has 0 bridgehead atoms. The number of hydrogen-bond donors (Lipinski definition) is 3. The Kier molecular flexibility index (Phi) is 5.59. The van der Waals surface area contributed by atoms with E-state index in [1.54, 1.807) is 0 Å². The van der Waals surface area contributed by atoms with E-state index in [1.807, 2.05) is 0 Å². The fourth-order valence-electron chi connectivity index (χ4n) is 2.69. The van der Waals surface area contributed by atoms with Crippen LogP contribution in [0.25, 0.3) is 0 Å². The van der Waals surface area contributed by atoms with E-state index < -0.39 is 23.5 Å². The standard InChI is InChI=1S/C22H14O8/c23-19(12-1-3-14(4-2-12)20(24)25)13-5-7-15(8-6-13)30-16-9-10-17(21(26)27)18(11-16)22(28)29/h1-11H,(H,24,25)(H,26,27)(H,28,29). The summed E-state index contributed by atoms with van der Waals surface area (Å²) in [6.07, 6.45) is 0. The van der Waals surface area contributed by atoms with Crippen LogP contribution in [-0.2, 0) is 0 Å². The lowest BCUT2D eigenvalue weighted by atomic mass is 10.0. The van der Waals surface area contributed by atoms with E-state index in [0.29, 0.717) is 16.9 Å². The first-order valence-corrected chi connectivity index (χ1v) is 8.53. The molecule has 0 aliphatic rings. The van der Waals surface area contributed by atoms with E-state index in [4.69, 9.17) is 20.1 Å². The van der Waals surface area contributed by atoms with Crippen molar-refractivity contribution in [2.75, 3.05) is 0 Å². The molecule has 0 aliphatic heterocycles. The summed E-state index contributed by atoms with van der Waals surface area (Å²) in [6.45, 7) is 0. The number of benzene rings is 3. The molecule has 0 unspecified atom stereocenters. The van der Waals surface area contributed by atoms with Crippen LogP contribution in [0.3, 0.4) is 0 Å². The molecule has 30 heavy (non-hydrogen) atoms. The molecule has 3 rings (SSSR count). The Morgan fingerprint density at radius 2 is 1.00 bits per heavy atom. The fraction of sp³-hybridized carbons (Fsp3) is 0. The summed E-state index contributed by atoms with van der Waals surface area (Å²) in [5.41, 5.74) is -0.0202. The summed E-state index contributed by atoms with van der Waals surface area (Å²) < 4.78 is 5.55. The van der Waals surface area contributed by atoms with Crippen LogP contribution in [0.2, 0.25) is 0 Å². The van der Waals surface area contributed by atoms with Gasteiger partial charge in [0, 0.05) is 11.1 Å². The minimum absolute atomic E-state index is 0.0740. The highest BCUT2D eigenvalue weighted by atomic mass is 16.5. The molecule has 0 atom stereocenters. The van der Waals surface area contributed by atoms with Gasteiger partial charge in [0.15, 0.2) is 5.78 Å². The number of carbonyl (C=O) groups excluding carboxylic acids is 1. The van der Waals surface area contributed by atoms with Crippen molar-refractivity contribution in [1.82, 2.24) is 0 Å². The van der Waals surface area contributed by atoms with Gasteiger partial charge in [-0.05, 0) is 54.6 Å². The first-order chi connectivity index (χ1) is 14.3. The molecule has 0 heterocycles. The van der Waals surface area contributed by atoms with Crippen molar-refractivity contribution in [2.45, 2.75) is 0 Å². The number of ether oxygens (including phenoxy) is 1. The van der Waals surface area contributed by atoms with E-state index in [9.17, 15) is 19.2 Å². The third-order valence-corrected chi connectivity index (χ3v) is 4.20. The highest BCUT2D eigenvalue weighted by Crippen LogP contribution is 2.25. The number of aromatic carboxylic acids is 3. The minimum Gasteiger partial charge on any atom is -0.478 e. The summed E-state index contributed by atoms with van der Waals surface area (Å²) >= 11 is 0. The van der Waals surface area contributed by atoms with Gasteiger partial charge in [-0.2, -0.15) is 0 Å². The van der Waals surface area contributed by atoms with Crippen LogP contribution >= 0.6 is 0 Å². The number of carboxylic acid groups (broad SMARTS) is 3. The summed E-state index contributed by atoms with van der Waals surface area (Å²) in [5.74, 6) is -3.71. The molecule has 0 amide bonds. The first kappa shape index (κ1) is 20.3. The molecule has 0 saturated heterocycles. The molecule has 8 heteroatoms. The number of rotatable bonds is 7. The predicted octanol–water partition coefficient (Wildman–Crippen LogP) is 3.80. The third-order valence-electron chi connectivity index (χ3n) is 4.20. The fourth-order valence-corrected chi connectivity index (χ4v) is 2.69. The average Bonchev–Trinajstić information content (AvgIpc) is 2.73. The molecule has 150 valence electrons. The van der Waals surface area contributed by atoms with Crippen LogP contribution < -0.4 is 4.74 Å². The Bertz CT molecular complexity index is 1140. The Hall–Kier alpha value is -4.46. The largest absolute Gasteiger partial charge is 0.478 e. The lowest BCUT2D eigenvalue weighted by Gasteiger charge is -2.09. The molecule has 0 saturated carbocycles. The Morgan fingerprint density at radius 3 is 1.50 bits per heavy atom. The van der Waals surface area contributed by atoms with E-state index in [-0.39, 0.29) is 22.7 Å². The van der Waals surface area contributed by atoms with Crippen molar-refractivity contribution in [2.24, 2.45) is 0 Å². The third kappa shape index (κ3) is 4.33. The van der Waals surface area contributed by atoms with Crippen LogP contribution in [0.1, 0.15) is 47.0 Å². The maximum atomic E-state index is 12.5. The molecular weight excluding hydrogens is 392 g/mol. The van der Waals surface area contributed by atoms with Crippen LogP contribution in [0.4, 0.5) is 0 Å². The van der Waals surface area contributed by atoms with Gasteiger partial charge in [-0.25, -0.2) is 14.4 Å². The summed E-state index contributed by atoms with van der Waals surface area (Å²) in [5, 5.41) is 27.1. The summed E-state index contributed by atoms with van der Waals surface area (Å²) in [6, 6.07) is 15.1. The SMILES string of the molecule is O=C(O)c1ccc(C(=O)c2ccc(Oc3ccc(C(=O)O)c(C(=O)O)c3)cc2)cc1. The second-order valence-corrected chi connectivity index (χ2v) is 6.16. The molecule has 3 aromatic rings. The van der Waals surface area contributed by atoms with Gasteiger partial charge in [0.25, 0.3) is 0 Å². The maximum Gasteiger partial charge on any atom is 0.336 e. The second kappa shape index (κ2) is 8.27. The Morgan fingerprint density at radius 1 is 0.533 bits per heavy atom. The second-order valence-electron chi connectivity index (χ2n) is 6.16.